The van der Waals surface area contributed by atoms with Gasteiger partial charge in [0.25, 0.3) is 0 Å². The van der Waals surface area contributed by atoms with Crippen molar-refractivity contribution >= 4 is 12.2 Å². The van der Waals surface area contributed by atoms with Crippen LogP contribution in [0.1, 0.15) is 43.7 Å². The number of aryl methyl sites for hydroxylation is 3. The molecule has 0 bridgehead atoms. The fourth-order valence-corrected chi connectivity index (χ4v) is 4.76. The van der Waals surface area contributed by atoms with Crippen LogP contribution in [0, 0.1) is 39.0 Å². The van der Waals surface area contributed by atoms with E-state index in [2.05, 4.69) is 40.1 Å². The summed E-state index contributed by atoms with van der Waals surface area (Å²) in [6, 6.07) is 11.9. The molecule has 4 rings (SSSR count). The van der Waals surface area contributed by atoms with Crippen molar-refractivity contribution in [3.8, 4) is 6.07 Å². The molecule has 2 aromatic carbocycles. The van der Waals surface area contributed by atoms with Gasteiger partial charge in [-0.2, -0.15) is 5.26 Å². The lowest BCUT2D eigenvalue weighted by Crippen LogP contribution is -2.48. The van der Waals surface area contributed by atoms with Gasteiger partial charge in [-0.05, 0) is 61.6 Å². The van der Waals surface area contributed by atoms with Gasteiger partial charge in [-0.15, -0.1) is 0 Å². The minimum absolute atomic E-state index is 0.265. The van der Waals surface area contributed by atoms with Crippen LogP contribution in [0.15, 0.2) is 30.3 Å². The van der Waals surface area contributed by atoms with E-state index in [0.29, 0.717) is 18.7 Å². The molecular formula is C24H26N4O2. The number of hydrogen-bond donors (Lipinski definition) is 1. The van der Waals surface area contributed by atoms with Crippen molar-refractivity contribution in [2.45, 2.75) is 45.4 Å². The van der Waals surface area contributed by atoms with Gasteiger partial charge in [-0.1, -0.05) is 29.8 Å². The van der Waals surface area contributed by atoms with Crippen LogP contribution in [0.4, 0.5) is 0 Å². The molecule has 5 unspecified atom stereocenters. The SMILES string of the molecule is Cc1ccc(C)c(C(c2cc(C)cc(C=O)c2C)(N2CC2C#N)N2CC2C(N)=O)c1. The molecule has 2 N–H and O–H groups in total. The summed E-state index contributed by atoms with van der Waals surface area (Å²) in [5.41, 5.74) is 11.4. The molecule has 0 aromatic heterocycles. The monoisotopic (exact) mass is 402 g/mol. The second-order valence-corrected chi connectivity index (χ2v) is 8.50. The van der Waals surface area contributed by atoms with Gasteiger partial charge in [-0.3, -0.25) is 19.4 Å². The molecule has 0 aliphatic carbocycles. The number of aldehydes is 1. The third-order valence-electron chi connectivity index (χ3n) is 6.40. The summed E-state index contributed by atoms with van der Waals surface area (Å²) in [5.74, 6) is -0.374. The maximum Gasteiger partial charge on any atom is 0.236 e. The maximum atomic E-state index is 12.1. The summed E-state index contributed by atoms with van der Waals surface area (Å²) in [7, 11) is 0. The zero-order valence-electron chi connectivity index (χ0n) is 17.8. The van der Waals surface area contributed by atoms with E-state index in [0.717, 1.165) is 39.7 Å². The first-order valence-corrected chi connectivity index (χ1v) is 10.1. The zero-order chi connectivity index (χ0) is 21.8. The Bertz CT molecular complexity index is 1100. The number of hydrogen-bond acceptors (Lipinski definition) is 5. The molecule has 1 amide bonds. The Morgan fingerprint density at radius 1 is 1.10 bits per heavy atom. The van der Waals surface area contributed by atoms with Crippen molar-refractivity contribution in [3.05, 3.63) is 69.3 Å². The number of carbonyl (C=O) groups excluding carboxylic acids is 2. The molecule has 6 heteroatoms. The van der Waals surface area contributed by atoms with Crippen molar-refractivity contribution in [1.82, 2.24) is 9.80 Å². The van der Waals surface area contributed by atoms with Crippen molar-refractivity contribution in [2.24, 2.45) is 5.73 Å². The Kier molecular flexibility index (Phi) is 4.76. The Hall–Kier alpha value is -3.01. The predicted molar refractivity (Wildman–Crippen MR) is 114 cm³/mol. The van der Waals surface area contributed by atoms with Gasteiger partial charge in [0.1, 0.15) is 24.0 Å². The first-order valence-electron chi connectivity index (χ1n) is 10.1. The molecule has 2 heterocycles. The highest BCUT2D eigenvalue weighted by molar-refractivity contribution is 5.84. The standard InChI is InChI=1S/C24H26N4O2/c1-14-5-6-16(3)20(8-14)24(27-11-19(27)10-25,28-12-22(28)23(26)30)21-9-15(2)7-18(13-29)17(21)4/h5-9,13,19,22H,11-12H2,1-4H3,(H2,26,30). The van der Waals surface area contributed by atoms with E-state index in [1.807, 2.05) is 33.8 Å². The van der Waals surface area contributed by atoms with Crippen LogP contribution < -0.4 is 5.73 Å². The second kappa shape index (κ2) is 7.05. The maximum absolute atomic E-state index is 12.1. The Balaban J connectivity index is 2.09. The number of amides is 1. The molecular weight excluding hydrogens is 376 g/mol. The number of nitrogens with two attached hydrogens (primary N) is 1. The molecule has 2 saturated heterocycles. The van der Waals surface area contributed by atoms with Gasteiger partial charge < -0.3 is 5.73 Å². The average molecular weight is 402 g/mol. The molecule has 2 fully saturated rings. The van der Waals surface area contributed by atoms with Crippen molar-refractivity contribution < 1.29 is 9.59 Å². The third kappa shape index (κ3) is 2.94. The van der Waals surface area contributed by atoms with Crippen LogP contribution in [0.5, 0.6) is 0 Å². The lowest BCUT2D eigenvalue weighted by atomic mass is 9.82. The summed E-state index contributed by atoms with van der Waals surface area (Å²) in [6.45, 7) is 9.08. The number of carbonyl (C=O) groups is 2. The van der Waals surface area contributed by atoms with Crippen molar-refractivity contribution in [1.29, 1.82) is 5.26 Å². The van der Waals surface area contributed by atoms with Gasteiger partial charge in [-0.25, -0.2) is 0 Å². The molecule has 2 aliphatic rings. The minimum atomic E-state index is -0.829. The van der Waals surface area contributed by atoms with E-state index >= 15 is 0 Å². The van der Waals surface area contributed by atoms with Crippen molar-refractivity contribution in [2.75, 3.05) is 13.1 Å². The Morgan fingerprint density at radius 2 is 1.80 bits per heavy atom. The average Bonchev–Trinajstić information content (AvgIpc) is 3.61. The summed E-state index contributed by atoms with van der Waals surface area (Å²) in [4.78, 5) is 28.2. The minimum Gasteiger partial charge on any atom is -0.368 e. The van der Waals surface area contributed by atoms with Crippen LogP contribution in [0.25, 0.3) is 0 Å². The van der Waals surface area contributed by atoms with E-state index in [1.165, 1.54) is 0 Å². The van der Waals surface area contributed by atoms with Gasteiger partial charge in [0.15, 0.2) is 0 Å². The topological polar surface area (TPSA) is 90.0 Å². The molecule has 0 saturated carbocycles. The third-order valence-corrected chi connectivity index (χ3v) is 6.40. The predicted octanol–water partition coefficient (Wildman–Crippen LogP) is 2.31. The highest BCUT2D eigenvalue weighted by Crippen LogP contribution is 2.52. The van der Waals surface area contributed by atoms with Crippen LogP contribution in [-0.4, -0.2) is 47.2 Å². The van der Waals surface area contributed by atoms with Gasteiger partial charge >= 0.3 is 0 Å². The van der Waals surface area contributed by atoms with Crippen LogP contribution in [-0.2, 0) is 10.5 Å². The molecule has 0 spiro atoms. The molecule has 2 aliphatic heterocycles. The Labute approximate surface area is 176 Å². The highest BCUT2D eigenvalue weighted by atomic mass is 16.2. The van der Waals surface area contributed by atoms with E-state index in [1.54, 1.807) is 0 Å². The molecule has 2 aromatic rings. The quantitative estimate of drug-likeness (QED) is 0.592. The summed E-state index contributed by atoms with van der Waals surface area (Å²) >= 11 is 0. The molecule has 154 valence electrons. The smallest absolute Gasteiger partial charge is 0.236 e. The molecule has 5 atom stereocenters. The van der Waals surface area contributed by atoms with Crippen LogP contribution >= 0.6 is 0 Å². The summed E-state index contributed by atoms with van der Waals surface area (Å²) < 4.78 is 0. The second-order valence-electron chi connectivity index (χ2n) is 8.50. The first kappa shape index (κ1) is 20.3. The number of nitrogens with zero attached hydrogens (tertiary/aromatic N) is 3. The van der Waals surface area contributed by atoms with E-state index in [9.17, 15) is 14.9 Å². The van der Waals surface area contributed by atoms with Gasteiger partial charge in [0.2, 0.25) is 5.91 Å². The van der Waals surface area contributed by atoms with Crippen LogP contribution in [0.3, 0.4) is 0 Å². The fraction of sp³-hybridized carbons (Fsp3) is 0.375. The molecule has 0 radical (unpaired) electrons. The largest absolute Gasteiger partial charge is 0.368 e. The molecule has 6 nitrogen and oxygen atoms in total. The van der Waals surface area contributed by atoms with Gasteiger partial charge in [0.05, 0.1) is 6.07 Å². The zero-order valence-corrected chi connectivity index (χ0v) is 17.8. The lowest BCUT2D eigenvalue weighted by Gasteiger charge is -2.41. The number of primary amides is 1. The number of nitriles is 1. The summed E-state index contributed by atoms with van der Waals surface area (Å²) in [5, 5.41) is 9.70. The number of rotatable bonds is 6. The van der Waals surface area contributed by atoms with E-state index in [4.69, 9.17) is 5.73 Å². The highest BCUT2D eigenvalue weighted by Gasteiger charge is 2.64. The molecule has 30 heavy (non-hydrogen) atoms. The van der Waals surface area contributed by atoms with Gasteiger partial charge in [0, 0.05) is 18.7 Å². The van der Waals surface area contributed by atoms with E-state index < -0.39 is 11.7 Å². The lowest BCUT2D eigenvalue weighted by molar-refractivity contribution is -0.119. The summed E-state index contributed by atoms with van der Waals surface area (Å²) in [6.07, 6.45) is 0.873. The van der Waals surface area contributed by atoms with E-state index in [-0.39, 0.29) is 11.9 Å². The Morgan fingerprint density at radius 3 is 2.37 bits per heavy atom. The van der Waals surface area contributed by atoms with Crippen LogP contribution in [0.2, 0.25) is 0 Å². The fourth-order valence-electron chi connectivity index (χ4n) is 4.76. The number of benzene rings is 2. The first-order chi connectivity index (χ1) is 14.2. The van der Waals surface area contributed by atoms with Crippen molar-refractivity contribution in [3.63, 3.8) is 0 Å². The normalized spacial score (nSPS) is 26.4.